The van der Waals surface area contributed by atoms with Gasteiger partial charge < -0.3 is 10.6 Å². The summed E-state index contributed by atoms with van der Waals surface area (Å²) in [5, 5.41) is 10.0. The van der Waals surface area contributed by atoms with Crippen LogP contribution in [-0.2, 0) is 5.41 Å². The first kappa shape index (κ1) is 12.2. The van der Waals surface area contributed by atoms with Gasteiger partial charge in [0.25, 0.3) is 0 Å². The molecule has 1 aromatic carbocycles. The Kier molecular flexibility index (Phi) is 3.28. The van der Waals surface area contributed by atoms with E-state index in [2.05, 4.69) is 18.0 Å². The monoisotopic (exact) mass is 249 g/mol. The van der Waals surface area contributed by atoms with Crippen LogP contribution in [0.15, 0.2) is 18.2 Å². The van der Waals surface area contributed by atoms with Crippen LogP contribution in [-0.4, -0.2) is 25.0 Å². The van der Waals surface area contributed by atoms with E-state index in [9.17, 15) is 5.26 Å². The number of nitrogens with zero attached hydrogens (tertiary/aromatic N) is 2. The quantitative estimate of drug-likeness (QED) is 0.778. The van der Waals surface area contributed by atoms with Crippen molar-refractivity contribution < 1.29 is 0 Å². The molecule has 0 bridgehead atoms. The molecule has 3 nitrogen and oxygen atoms in total. The summed E-state index contributed by atoms with van der Waals surface area (Å²) >= 11 is 5.92. The average molecular weight is 250 g/mol. The number of halogens is 1. The molecule has 0 unspecified atom stereocenters. The van der Waals surface area contributed by atoms with Crippen LogP contribution in [0.3, 0.4) is 0 Å². The smallest absolute Gasteiger partial charge is 0.0847 e. The van der Waals surface area contributed by atoms with E-state index < -0.39 is 5.41 Å². The zero-order valence-corrected chi connectivity index (χ0v) is 10.7. The van der Waals surface area contributed by atoms with E-state index in [1.807, 2.05) is 12.1 Å². The summed E-state index contributed by atoms with van der Waals surface area (Å²) < 4.78 is 0. The molecule has 17 heavy (non-hydrogen) atoms. The van der Waals surface area contributed by atoms with Gasteiger partial charge in [-0.05, 0) is 50.7 Å². The number of hydrogen-bond acceptors (Lipinski definition) is 3. The molecule has 90 valence electrons. The molecule has 1 aromatic rings. The summed E-state index contributed by atoms with van der Waals surface area (Å²) in [5.74, 6) is 0. The van der Waals surface area contributed by atoms with Crippen molar-refractivity contribution in [3.63, 3.8) is 0 Å². The van der Waals surface area contributed by atoms with E-state index in [1.165, 1.54) is 0 Å². The fourth-order valence-electron chi connectivity index (χ4n) is 2.31. The molecule has 0 radical (unpaired) electrons. The lowest BCUT2D eigenvalue weighted by molar-refractivity contribution is 0.222. The van der Waals surface area contributed by atoms with E-state index in [0.29, 0.717) is 10.7 Å². The Morgan fingerprint density at radius 3 is 2.59 bits per heavy atom. The molecular formula is C13H16ClN3. The number of likely N-dealkylation sites (tertiary alicyclic amines) is 1. The second-order valence-electron chi connectivity index (χ2n) is 4.73. The minimum Gasteiger partial charge on any atom is -0.398 e. The highest BCUT2D eigenvalue weighted by atomic mass is 35.5. The van der Waals surface area contributed by atoms with E-state index in [1.54, 1.807) is 6.07 Å². The van der Waals surface area contributed by atoms with Crippen molar-refractivity contribution in [2.24, 2.45) is 0 Å². The Bertz CT molecular complexity index is 456. The lowest BCUT2D eigenvalue weighted by Gasteiger charge is -2.36. The van der Waals surface area contributed by atoms with Gasteiger partial charge in [0, 0.05) is 0 Å². The lowest BCUT2D eigenvalue weighted by Crippen LogP contribution is -2.39. The lowest BCUT2D eigenvalue weighted by atomic mass is 9.74. The minimum atomic E-state index is -0.398. The van der Waals surface area contributed by atoms with Crippen LogP contribution in [0.1, 0.15) is 18.4 Å². The number of hydrogen-bond donors (Lipinski definition) is 1. The van der Waals surface area contributed by atoms with Gasteiger partial charge in [-0.3, -0.25) is 0 Å². The van der Waals surface area contributed by atoms with Gasteiger partial charge in [-0.25, -0.2) is 0 Å². The second kappa shape index (κ2) is 4.56. The minimum absolute atomic E-state index is 0.398. The summed E-state index contributed by atoms with van der Waals surface area (Å²) in [6, 6.07) is 8.02. The van der Waals surface area contributed by atoms with Crippen LogP contribution < -0.4 is 5.73 Å². The first-order valence-corrected chi connectivity index (χ1v) is 6.10. The van der Waals surface area contributed by atoms with Gasteiger partial charge in [0.2, 0.25) is 0 Å². The van der Waals surface area contributed by atoms with E-state index in [4.69, 9.17) is 17.3 Å². The number of rotatable bonds is 1. The maximum atomic E-state index is 9.50. The number of benzene rings is 1. The van der Waals surface area contributed by atoms with E-state index in [0.717, 1.165) is 31.5 Å². The Morgan fingerprint density at radius 2 is 2.06 bits per heavy atom. The third-order valence-electron chi connectivity index (χ3n) is 3.60. The fourth-order valence-corrected chi connectivity index (χ4v) is 2.42. The van der Waals surface area contributed by atoms with E-state index >= 15 is 0 Å². The molecule has 1 aliphatic heterocycles. The summed E-state index contributed by atoms with van der Waals surface area (Å²) in [6.07, 6.45) is 1.70. The van der Waals surface area contributed by atoms with Crippen LogP contribution >= 0.6 is 11.6 Å². The van der Waals surface area contributed by atoms with Crippen LogP contribution in [0.5, 0.6) is 0 Å². The fraction of sp³-hybridized carbons (Fsp3) is 0.462. The molecule has 0 saturated carbocycles. The molecule has 2 N–H and O–H groups in total. The summed E-state index contributed by atoms with van der Waals surface area (Å²) in [7, 11) is 2.08. The molecule has 1 aliphatic rings. The van der Waals surface area contributed by atoms with Gasteiger partial charge >= 0.3 is 0 Å². The van der Waals surface area contributed by atoms with Crippen molar-refractivity contribution in [3.8, 4) is 6.07 Å². The SMILES string of the molecule is CN1CCC(C#N)(c2ccc(Cl)c(N)c2)CC1. The predicted molar refractivity (Wildman–Crippen MR) is 69.9 cm³/mol. The van der Waals surface area contributed by atoms with Crippen molar-refractivity contribution in [1.29, 1.82) is 5.26 Å². The second-order valence-corrected chi connectivity index (χ2v) is 5.14. The zero-order chi connectivity index (χ0) is 12.5. The molecule has 1 fully saturated rings. The normalized spacial score (nSPS) is 19.8. The number of nitriles is 1. The van der Waals surface area contributed by atoms with Crippen LogP contribution in [0.25, 0.3) is 0 Å². The highest BCUT2D eigenvalue weighted by molar-refractivity contribution is 6.33. The van der Waals surface area contributed by atoms with E-state index in [-0.39, 0.29) is 0 Å². The number of nitrogen functional groups attached to an aromatic ring is 1. The Labute approximate surface area is 107 Å². The number of piperidine rings is 1. The third-order valence-corrected chi connectivity index (χ3v) is 3.95. The van der Waals surface area contributed by atoms with Gasteiger partial charge in [0.15, 0.2) is 0 Å². The van der Waals surface area contributed by atoms with Crippen LogP contribution in [0.4, 0.5) is 5.69 Å². The van der Waals surface area contributed by atoms with Crippen molar-refractivity contribution in [3.05, 3.63) is 28.8 Å². The highest BCUT2D eigenvalue weighted by Gasteiger charge is 2.35. The maximum Gasteiger partial charge on any atom is 0.0847 e. The molecule has 0 aliphatic carbocycles. The Hall–Kier alpha value is -1.24. The predicted octanol–water partition coefficient (Wildman–Crippen LogP) is 2.41. The first-order valence-electron chi connectivity index (χ1n) is 5.73. The Balaban J connectivity index is 2.35. The molecule has 1 heterocycles. The average Bonchev–Trinajstić information content (AvgIpc) is 2.34. The van der Waals surface area contributed by atoms with Crippen molar-refractivity contribution in [1.82, 2.24) is 4.90 Å². The van der Waals surface area contributed by atoms with Gasteiger partial charge in [-0.15, -0.1) is 0 Å². The molecule has 2 rings (SSSR count). The molecule has 0 atom stereocenters. The molecule has 1 saturated heterocycles. The zero-order valence-electron chi connectivity index (χ0n) is 9.91. The van der Waals surface area contributed by atoms with Gasteiger partial charge in [0.05, 0.1) is 22.2 Å². The summed E-state index contributed by atoms with van der Waals surface area (Å²) in [4.78, 5) is 2.24. The standard InChI is InChI=1S/C13H16ClN3/c1-17-6-4-13(9-15,5-7-17)10-2-3-11(14)12(16)8-10/h2-3,8H,4-7,16H2,1H3. The van der Waals surface area contributed by atoms with Crippen molar-refractivity contribution in [2.75, 3.05) is 25.9 Å². The topological polar surface area (TPSA) is 53.0 Å². The number of anilines is 1. The van der Waals surface area contributed by atoms with Crippen LogP contribution in [0, 0.1) is 11.3 Å². The Morgan fingerprint density at radius 1 is 1.41 bits per heavy atom. The third kappa shape index (κ3) is 2.24. The molecule has 0 amide bonds. The largest absolute Gasteiger partial charge is 0.398 e. The molecule has 4 heteroatoms. The maximum absolute atomic E-state index is 9.50. The summed E-state index contributed by atoms with van der Waals surface area (Å²) in [5.41, 5.74) is 6.97. The highest BCUT2D eigenvalue weighted by Crippen LogP contribution is 2.36. The number of nitrogens with two attached hydrogens (primary N) is 1. The van der Waals surface area contributed by atoms with Crippen LogP contribution in [0.2, 0.25) is 5.02 Å². The van der Waals surface area contributed by atoms with Gasteiger partial charge in [-0.1, -0.05) is 17.7 Å². The molecule has 0 spiro atoms. The van der Waals surface area contributed by atoms with Gasteiger partial charge in [0.1, 0.15) is 0 Å². The summed E-state index contributed by atoms with van der Waals surface area (Å²) in [6.45, 7) is 1.88. The molecular weight excluding hydrogens is 234 g/mol. The van der Waals surface area contributed by atoms with Crippen molar-refractivity contribution in [2.45, 2.75) is 18.3 Å². The first-order chi connectivity index (χ1) is 8.07. The molecule has 0 aromatic heterocycles. The van der Waals surface area contributed by atoms with Crippen molar-refractivity contribution >= 4 is 17.3 Å². The van der Waals surface area contributed by atoms with Gasteiger partial charge in [-0.2, -0.15) is 5.26 Å².